The lowest BCUT2D eigenvalue weighted by Crippen LogP contribution is -2.15. The lowest BCUT2D eigenvalue weighted by Gasteiger charge is -2.11. The van der Waals surface area contributed by atoms with E-state index in [9.17, 15) is 8.42 Å². The predicted molar refractivity (Wildman–Crippen MR) is 130 cm³/mol. The van der Waals surface area contributed by atoms with Gasteiger partial charge >= 0.3 is 0 Å². The molecule has 0 N–H and O–H groups in total. The van der Waals surface area contributed by atoms with Gasteiger partial charge in [-0.25, -0.2) is 3.97 Å². The number of para-hydroxylation sites is 1. The molecule has 4 nitrogen and oxygen atoms in total. The first-order valence-corrected chi connectivity index (χ1v) is 13.2. The molecule has 0 spiro atoms. The molecule has 2 aromatic carbocycles. The molecular formula is C22H23ClN2O2S3. The molecule has 30 heavy (non-hydrogen) atoms. The van der Waals surface area contributed by atoms with Crippen molar-refractivity contribution in [2.45, 2.75) is 23.0 Å². The zero-order valence-electron chi connectivity index (χ0n) is 17.3. The monoisotopic (exact) mass is 478 g/mol. The first kappa shape index (κ1) is 21.7. The quantitative estimate of drug-likeness (QED) is 0.318. The van der Waals surface area contributed by atoms with E-state index in [2.05, 4.69) is 4.90 Å². The fourth-order valence-corrected chi connectivity index (χ4v) is 8.52. The van der Waals surface area contributed by atoms with Gasteiger partial charge in [0.05, 0.1) is 5.52 Å². The maximum absolute atomic E-state index is 13.9. The topological polar surface area (TPSA) is 42.3 Å². The minimum atomic E-state index is -3.75. The van der Waals surface area contributed by atoms with Gasteiger partial charge in [-0.05, 0) is 63.2 Å². The van der Waals surface area contributed by atoms with E-state index < -0.39 is 10.0 Å². The van der Waals surface area contributed by atoms with Gasteiger partial charge < -0.3 is 4.90 Å². The van der Waals surface area contributed by atoms with E-state index in [0.29, 0.717) is 9.23 Å². The fraction of sp³-hybridized carbons (Fsp3) is 0.273. The second kappa shape index (κ2) is 8.20. The molecule has 0 aliphatic heterocycles. The molecular weight excluding hydrogens is 456 g/mol. The van der Waals surface area contributed by atoms with Crippen molar-refractivity contribution in [1.29, 1.82) is 0 Å². The minimum absolute atomic E-state index is 0.369. The van der Waals surface area contributed by atoms with Crippen LogP contribution < -0.4 is 0 Å². The number of aromatic nitrogens is 1. The summed E-state index contributed by atoms with van der Waals surface area (Å²) in [4.78, 5) is 3.15. The molecule has 0 atom stereocenters. The molecule has 0 saturated carbocycles. The van der Waals surface area contributed by atoms with Crippen molar-refractivity contribution >= 4 is 65.7 Å². The Kier molecular flexibility index (Phi) is 5.94. The average molecular weight is 479 g/mol. The van der Waals surface area contributed by atoms with Crippen LogP contribution in [-0.2, 0) is 10.0 Å². The third-order valence-electron chi connectivity index (χ3n) is 5.11. The summed E-state index contributed by atoms with van der Waals surface area (Å²) in [6.07, 6.45) is 0. The number of hydrogen-bond acceptors (Lipinski definition) is 5. The summed E-state index contributed by atoms with van der Waals surface area (Å²) in [7, 11) is 0.325. The number of hydrogen-bond donors (Lipinski definition) is 0. The van der Waals surface area contributed by atoms with Crippen LogP contribution in [0.2, 0.25) is 5.02 Å². The van der Waals surface area contributed by atoms with Gasteiger partial charge in [0.25, 0.3) is 10.0 Å². The Morgan fingerprint density at radius 2 is 1.83 bits per heavy atom. The molecule has 0 saturated heterocycles. The SMILES string of the molecule is Cc1c(S(=O)(=O)n2c(C)c(SCCN(C)C)c3ccccc32)sc2ccc(Cl)cc12. The summed E-state index contributed by atoms with van der Waals surface area (Å²) in [6, 6.07) is 13.3. The highest BCUT2D eigenvalue weighted by Crippen LogP contribution is 2.40. The van der Waals surface area contributed by atoms with Crippen molar-refractivity contribution in [3.05, 3.63) is 58.7 Å². The molecule has 0 fully saturated rings. The van der Waals surface area contributed by atoms with Gasteiger partial charge in [0.1, 0.15) is 4.21 Å². The van der Waals surface area contributed by atoms with Crippen LogP contribution in [0, 0.1) is 13.8 Å². The number of benzene rings is 2. The summed E-state index contributed by atoms with van der Waals surface area (Å²) < 4.78 is 30.5. The molecule has 0 unspecified atom stereocenters. The molecule has 2 heterocycles. The third-order valence-corrected chi connectivity index (χ3v) is 10.2. The van der Waals surface area contributed by atoms with Crippen LogP contribution in [0.4, 0.5) is 0 Å². The van der Waals surface area contributed by atoms with Crippen LogP contribution in [0.5, 0.6) is 0 Å². The summed E-state index contributed by atoms with van der Waals surface area (Å²) in [5.41, 5.74) is 2.23. The Morgan fingerprint density at radius 1 is 1.10 bits per heavy atom. The molecule has 0 bridgehead atoms. The van der Waals surface area contributed by atoms with Crippen LogP contribution >= 0.6 is 34.7 Å². The summed E-state index contributed by atoms with van der Waals surface area (Å²) >= 11 is 9.16. The van der Waals surface area contributed by atoms with Crippen molar-refractivity contribution in [3.8, 4) is 0 Å². The number of fused-ring (bicyclic) bond motifs is 2. The summed E-state index contributed by atoms with van der Waals surface area (Å²) in [5.74, 6) is 0.891. The predicted octanol–water partition coefficient (Wildman–Crippen LogP) is 6.02. The van der Waals surface area contributed by atoms with Crippen molar-refractivity contribution in [1.82, 2.24) is 8.87 Å². The highest BCUT2D eigenvalue weighted by atomic mass is 35.5. The number of thioether (sulfide) groups is 1. The first-order chi connectivity index (χ1) is 14.2. The smallest absolute Gasteiger partial charge is 0.278 e. The highest BCUT2D eigenvalue weighted by molar-refractivity contribution is 7.99. The number of thiophene rings is 1. The Bertz CT molecular complexity index is 1350. The Hall–Kier alpha value is -1.51. The van der Waals surface area contributed by atoms with Crippen molar-refractivity contribution in [3.63, 3.8) is 0 Å². The maximum Gasteiger partial charge on any atom is 0.278 e. The molecule has 4 rings (SSSR count). The zero-order chi connectivity index (χ0) is 21.6. The van der Waals surface area contributed by atoms with Gasteiger partial charge in [-0.2, -0.15) is 8.42 Å². The van der Waals surface area contributed by atoms with E-state index in [0.717, 1.165) is 49.4 Å². The Labute approximate surface area is 190 Å². The van der Waals surface area contributed by atoms with Crippen LogP contribution in [0.15, 0.2) is 51.6 Å². The van der Waals surface area contributed by atoms with Gasteiger partial charge in [0.2, 0.25) is 0 Å². The van der Waals surface area contributed by atoms with E-state index in [1.54, 1.807) is 17.8 Å². The second-order valence-electron chi connectivity index (χ2n) is 7.51. The second-order valence-corrected chi connectivity index (χ2v) is 12.1. The number of aryl methyl sites for hydroxylation is 1. The molecule has 8 heteroatoms. The molecule has 0 aliphatic rings. The van der Waals surface area contributed by atoms with Crippen LogP contribution in [0.25, 0.3) is 21.0 Å². The molecule has 0 amide bonds. The molecule has 2 aromatic heterocycles. The van der Waals surface area contributed by atoms with E-state index >= 15 is 0 Å². The maximum atomic E-state index is 13.9. The molecule has 0 aliphatic carbocycles. The van der Waals surface area contributed by atoms with Crippen LogP contribution in [0.3, 0.4) is 0 Å². The van der Waals surface area contributed by atoms with E-state index in [1.165, 1.54) is 15.3 Å². The van der Waals surface area contributed by atoms with Crippen LogP contribution in [-0.4, -0.2) is 43.7 Å². The van der Waals surface area contributed by atoms with E-state index in [1.807, 2.05) is 64.3 Å². The third kappa shape index (κ3) is 3.67. The van der Waals surface area contributed by atoms with Gasteiger partial charge in [-0.1, -0.05) is 29.8 Å². The standard InChI is InChI=1S/C22H23ClN2O2S3/c1-14-18-13-16(23)9-10-20(18)29-22(14)30(26,27)25-15(2)21(28-12-11-24(3)4)17-7-5-6-8-19(17)25/h5-10,13H,11-12H2,1-4H3. The molecule has 0 radical (unpaired) electrons. The van der Waals surface area contributed by atoms with Gasteiger partial charge in [-0.15, -0.1) is 23.1 Å². The zero-order valence-corrected chi connectivity index (χ0v) is 20.5. The lowest BCUT2D eigenvalue weighted by atomic mass is 10.2. The molecule has 158 valence electrons. The number of rotatable bonds is 6. The van der Waals surface area contributed by atoms with Gasteiger partial charge in [0, 0.05) is 38.0 Å². The molecule has 4 aromatic rings. The van der Waals surface area contributed by atoms with E-state index in [-0.39, 0.29) is 0 Å². The van der Waals surface area contributed by atoms with Crippen LogP contribution in [0.1, 0.15) is 11.3 Å². The summed E-state index contributed by atoms with van der Waals surface area (Å²) in [6.45, 7) is 4.68. The Balaban J connectivity index is 1.91. The van der Waals surface area contributed by atoms with E-state index in [4.69, 9.17) is 11.6 Å². The van der Waals surface area contributed by atoms with Crippen molar-refractivity contribution < 1.29 is 8.42 Å². The first-order valence-electron chi connectivity index (χ1n) is 9.53. The lowest BCUT2D eigenvalue weighted by molar-refractivity contribution is 0.437. The van der Waals surface area contributed by atoms with Gasteiger partial charge in [-0.3, -0.25) is 0 Å². The van der Waals surface area contributed by atoms with Crippen molar-refractivity contribution in [2.75, 3.05) is 26.4 Å². The number of nitrogens with zero attached hydrogens (tertiary/aromatic N) is 2. The highest BCUT2D eigenvalue weighted by Gasteiger charge is 2.28. The van der Waals surface area contributed by atoms with Gasteiger partial charge in [0.15, 0.2) is 0 Å². The minimum Gasteiger partial charge on any atom is -0.309 e. The average Bonchev–Trinajstić information content (AvgIpc) is 3.17. The normalized spacial score (nSPS) is 12.5. The number of halogens is 1. The summed E-state index contributed by atoms with van der Waals surface area (Å²) in [5, 5.41) is 2.47. The largest absolute Gasteiger partial charge is 0.309 e. The van der Waals surface area contributed by atoms with Crippen molar-refractivity contribution in [2.24, 2.45) is 0 Å². The fourth-order valence-electron chi connectivity index (χ4n) is 3.63. The Morgan fingerprint density at radius 3 is 2.57 bits per heavy atom.